The van der Waals surface area contributed by atoms with E-state index in [0.717, 1.165) is 0 Å². The number of nitrogens with zero attached hydrogens (tertiary/aromatic N) is 3. The summed E-state index contributed by atoms with van der Waals surface area (Å²) in [6.07, 6.45) is 0. The van der Waals surface area contributed by atoms with Gasteiger partial charge in [0.25, 0.3) is 5.91 Å². The van der Waals surface area contributed by atoms with Crippen LogP contribution in [0, 0.1) is 17.1 Å². The second-order valence-corrected chi connectivity index (χ2v) is 6.11. The summed E-state index contributed by atoms with van der Waals surface area (Å²) < 4.78 is 19.1. The van der Waals surface area contributed by atoms with E-state index in [1.807, 2.05) is 4.90 Å². The number of methoxy groups -OCH3 is 1. The summed E-state index contributed by atoms with van der Waals surface area (Å²) in [7, 11) is 1.58. The fraction of sp³-hybridized carbons (Fsp3) is 0.300. The largest absolute Gasteiger partial charge is 0.497 e. The first kappa shape index (κ1) is 17.9. The van der Waals surface area contributed by atoms with Crippen LogP contribution in [-0.2, 0) is 0 Å². The van der Waals surface area contributed by atoms with Crippen LogP contribution in [0.25, 0.3) is 0 Å². The number of nitriles is 1. The maximum atomic E-state index is 14.0. The van der Waals surface area contributed by atoms with Gasteiger partial charge in [-0.05, 0) is 30.3 Å². The van der Waals surface area contributed by atoms with Gasteiger partial charge in [-0.15, -0.1) is 0 Å². The van der Waals surface area contributed by atoms with Gasteiger partial charge in [0.1, 0.15) is 17.6 Å². The Balaban J connectivity index is 1.65. The Morgan fingerprint density at radius 3 is 2.35 bits per heavy atom. The molecule has 1 aliphatic heterocycles. The third kappa shape index (κ3) is 3.68. The van der Waals surface area contributed by atoms with Gasteiger partial charge in [-0.3, -0.25) is 9.69 Å². The topological polar surface area (TPSA) is 56.6 Å². The predicted octanol–water partition coefficient (Wildman–Crippen LogP) is 2.86. The van der Waals surface area contributed by atoms with E-state index in [1.165, 1.54) is 6.07 Å². The highest BCUT2D eigenvalue weighted by molar-refractivity contribution is 5.94. The van der Waals surface area contributed by atoms with Gasteiger partial charge < -0.3 is 9.64 Å². The van der Waals surface area contributed by atoms with E-state index in [-0.39, 0.29) is 11.7 Å². The zero-order chi connectivity index (χ0) is 18.5. The molecule has 6 heteroatoms. The molecule has 2 aromatic carbocycles. The summed E-state index contributed by atoms with van der Waals surface area (Å²) in [5.41, 5.74) is 0.982. The van der Waals surface area contributed by atoms with Crippen LogP contribution in [0.2, 0.25) is 0 Å². The monoisotopic (exact) mass is 353 g/mol. The highest BCUT2D eigenvalue weighted by Gasteiger charge is 2.28. The van der Waals surface area contributed by atoms with Gasteiger partial charge in [0.15, 0.2) is 0 Å². The van der Waals surface area contributed by atoms with Crippen molar-refractivity contribution in [2.75, 3.05) is 33.3 Å². The molecule has 134 valence electrons. The van der Waals surface area contributed by atoms with E-state index in [0.29, 0.717) is 43.1 Å². The van der Waals surface area contributed by atoms with Crippen molar-refractivity contribution in [3.8, 4) is 11.8 Å². The van der Waals surface area contributed by atoms with Gasteiger partial charge >= 0.3 is 0 Å². The first-order valence-electron chi connectivity index (χ1n) is 8.45. The number of rotatable bonds is 4. The maximum Gasteiger partial charge on any atom is 0.253 e. The molecule has 0 N–H and O–H groups in total. The van der Waals surface area contributed by atoms with E-state index >= 15 is 0 Å². The zero-order valence-electron chi connectivity index (χ0n) is 14.6. The lowest BCUT2D eigenvalue weighted by Crippen LogP contribution is -2.49. The Bertz CT molecular complexity index is 809. The van der Waals surface area contributed by atoms with Crippen molar-refractivity contribution in [1.82, 2.24) is 9.80 Å². The van der Waals surface area contributed by atoms with Crippen molar-refractivity contribution in [2.24, 2.45) is 0 Å². The molecule has 5 nitrogen and oxygen atoms in total. The van der Waals surface area contributed by atoms with Gasteiger partial charge in [0, 0.05) is 37.3 Å². The van der Waals surface area contributed by atoms with Crippen molar-refractivity contribution >= 4 is 5.91 Å². The van der Waals surface area contributed by atoms with Crippen molar-refractivity contribution in [1.29, 1.82) is 5.26 Å². The molecule has 0 radical (unpaired) electrons. The molecular formula is C20H20FN3O2. The first-order chi connectivity index (χ1) is 12.6. The molecule has 3 rings (SSSR count). The second-order valence-electron chi connectivity index (χ2n) is 6.11. The van der Waals surface area contributed by atoms with Crippen LogP contribution in [-0.4, -0.2) is 49.0 Å². The number of hydrogen-bond donors (Lipinski definition) is 0. The quantitative estimate of drug-likeness (QED) is 0.848. The van der Waals surface area contributed by atoms with E-state index in [1.54, 1.807) is 54.5 Å². The number of carbonyl (C=O) groups is 1. The number of ether oxygens (including phenoxy) is 1. The first-order valence-corrected chi connectivity index (χ1v) is 8.45. The SMILES string of the molecule is COc1ccc(C(=O)N2CCN(C(C#N)c3ccccc3F)CC2)cc1. The average molecular weight is 353 g/mol. The molecule has 0 spiro atoms. The van der Waals surface area contributed by atoms with Gasteiger partial charge in [-0.1, -0.05) is 18.2 Å². The lowest BCUT2D eigenvalue weighted by molar-refractivity contribution is 0.0604. The van der Waals surface area contributed by atoms with E-state index in [2.05, 4.69) is 6.07 Å². The van der Waals surface area contributed by atoms with Crippen molar-refractivity contribution in [3.05, 3.63) is 65.5 Å². The fourth-order valence-electron chi connectivity index (χ4n) is 3.14. The number of carbonyl (C=O) groups excluding carboxylic acids is 1. The summed E-state index contributed by atoms with van der Waals surface area (Å²) >= 11 is 0. The molecule has 2 aromatic rings. The Hall–Kier alpha value is -2.91. The Kier molecular flexibility index (Phi) is 5.49. The highest BCUT2D eigenvalue weighted by atomic mass is 19.1. The number of piperazine rings is 1. The van der Waals surface area contributed by atoms with E-state index < -0.39 is 6.04 Å². The smallest absolute Gasteiger partial charge is 0.253 e. The number of halogens is 1. The average Bonchev–Trinajstić information content (AvgIpc) is 2.70. The van der Waals surface area contributed by atoms with Gasteiger partial charge in [-0.25, -0.2) is 4.39 Å². The van der Waals surface area contributed by atoms with Gasteiger partial charge in [0.05, 0.1) is 13.2 Å². The third-order valence-electron chi connectivity index (χ3n) is 4.63. The summed E-state index contributed by atoms with van der Waals surface area (Å²) in [5.74, 6) is 0.274. The third-order valence-corrected chi connectivity index (χ3v) is 4.63. The Morgan fingerprint density at radius 2 is 1.77 bits per heavy atom. The Labute approximate surface area is 152 Å². The summed E-state index contributed by atoms with van der Waals surface area (Å²) in [4.78, 5) is 16.3. The number of amides is 1. The minimum atomic E-state index is -0.644. The zero-order valence-corrected chi connectivity index (χ0v) is 14.6. The van der Waals surface area contributed by atoms with Gasteiger partial charge in [-0.2, -0.15) is 5.26 Å². The second kappa shape index (κ2) is 7.98. The molecule has 1 saturated heterocycles. The predicted molar refractivity (Wildman–Crippen MR) is 95.2 cm³/mol. The molecular weight excluding hydrogens is 333 g/mol. The van der Waals surface area contributed by atoms with Crippen LogP contribution >= 0.6 is 0 Å². The Morgan fingerprint density at radius 1 is 1.12 bits per heavy atom. The minimum Gasteiger partial charge on any atom is -0.497 e. The summed E-state index contributed by atoms with van der Waals surface area (Å²) in [6, 6.07) is 14.9. The normalized spacial score (nSPS) is 16.0. The molecule has 1 fully saturated rings. The molecule has 1 heterocycles. The molecule has 1 aliphatic rings. The standard InChI is InChI=1S/C20H20FN3O2/c1-26-16-8-6-15(7-9-16)20(25)24-12-10-23(11-13-24)19(14-22)17-4-2-3-5-18(17)21/h2-9,19H,10-13H2,1H3. The van der Waals surface area contributed by atoms with E-state index in [9.17, 15) is 14.4 Å². The van der Waals surface area contributed by atoms with Crippen molar-refractivity contribution in [3.63, 3.8) is 0 Å². The minimum absolute atomic E-state index is 0.0493. The molecule has 0 saturated carbocycles. The fourth-order valence-corrected chi connectivity index (χ4v) is 3.14. The molecule has 1 amide bonds. The molecule has 0 aliphatic carbocycles. The van der Waals surface area contributed by atoms with Crippen molar-refractivity contribution in [2.45, 2.75) is 6.04 Å². The molecule has 0 bridgehead atoms. The van der Waals surface area contributed by atoms with Crippen LogP contribution in [0.5, 0.6) is 5.75 Å². The summed E-state index contributed by atoms with van der Waals surface area (Å²) in [6.45, 7) is 2.04. The lowest BCUT2D eigenvalue weighted by atomic mass is 10.0. The number of benzene rings is 2. The van der Waals surface area contributed by atoms with Gasteiger partial charge in [0.2, 0.25) is 0 Å². The van der Waals surface area contributed by atoms with Crippen LogP contribution in [0.1, 0.15) is 22.0 Å². The van der Waals surface area contributed by atoms with Crippen molar-refractivity contribution < 1.29 is 13.9 Å². The van der Waals surface area contributed by atoms with Crippen LogP contribution in [0.15, 0.2) is 48.5 Å². The molecule has 26 heavy (non-hydrogen) atoms. The van der Waals surface area contributed by atoms with Crippen LogP contribution in [0.3, 0.4) is 0 Å². The lowest BCUT2D eigenvalue weighted by Gasteiger charge is -2.37. The van der Waals surface area contributed by atoms with Crippen LogP contribution in [0.4, 0.5) is 4.39 Å². The van der Waals surface area contributed by atoms with Crippen LogP contribution < -0.4 is 4.74 Å². The molecule has 1 unspecified atom stereocenters. The summed E-state index contributed by atoms with van der Waals surface area (Å²) in [5, 5.41) is 9.51. The highest BCUT2D eigenvalue weighted by Crippen LogP contribution is 2.24. The maximum absolute atomic E-state index is 14.0. The number of hydrogen-bond acceptors (Lipinski definition) is 4. The van der Waals surface area contributed by atoms with E-state index in [4.69, 9.17) is 4.74 Å². The molecule has 0 aromatic heterocycles. The molecule has 1 atom stereocenters.